The van der Waals surface area contributed by atoms with Crippen LogP contribution in [0.3, 0.4) is 0 Å². The summed E-state index contributed by atoms with van der Waals surface area (Å²) in [6.45, 7) is 3.90. The van der Waals surface area contributed by atoms with E-state index in [9.17, 15) is 9.18 Å². The van der Waals surface area contributed by atoms with Crippen molar-refractivity contribution in [3.05, 3.63) is 71.5 Å². The van der Waals surface area contributed by atoms with Gasteiger partial charge in [-0.05, 0) is 55.8 Å². The summed E-state index contributed by atoms with van der Waals surface area (Å²) in [5, 5.41) is 2.69. The fourth-order valence-corrected chi connectivity index (χ4v) is 3.14. The van der Waals surface area contributed by atoms with Crippen molar-refractivity contribution in [1.29, 1.82) is 0 Å². The van der Waals surface area contributed by atoms with Gasteiger partial charge in [-0.15, -0.1) is 0 Å². The number of hydrogen-bond acceptors (Lipinski definition) is 3. The largest absolute Gasteiger partial charge is 0.482 e. The first kappa shape index (κ1) is 14.6. The lowest BCUT2D eigenvalue weighted by Gasteiger charge is -2.23. The molecule has 0 unspecified atom stereocenters. The fraction of sp³-hybridized carbons (Fsp3) is 0.158. The standard InChI is InChI=1S/C19H15FN2O2/c1-19(2)14(11-5-7-21-8-6-11)10-16(24-19)17-13-4-3-12(20)9-15(13)22-18(17)23/h3-10H,1-2H3,(H,22,23). The van der Waals surface area contributed by atoms with E-state index in [1.54, 1.807) is 18.5 Å². The van der Waals surface area contributed by atoms with Gasteiger partial charge in [0.15, 0.2) is 0 Å². The zero-order valence-corrected chi connectivity index (χ0v) is 13.3. The SMILES string of the molecule is CC1(C)OC(=C2C(=O)Nc3cc(F)ccc32)C=C1c1ccncc1. The number of benzene rings is 1. The van der Waals surface area contributed by atoms with E-state index >= 15 is 0 Å². The van der Waals surface area contributed by atoms with Crippen LogP contribution in [0.5, 0.6) is 0 Å². The predicted molar refractivity (Wildman–Crippen MR) is 89.3 cm³/mol. The Morgan fingerprint density at radius 1 is 1.17 bits per heavy atom. The molecule has 0 saturated heterocycles. The third kappa shape index (κ3) is 2.21. The Kier molecular flexibility index (Phi) is 3.06. The number of fused-ring (bicyclic) bond motifs is 1. The second-order valence-corrected chi connectivity index (χ2v) is 6.29. The molecule has 4 nitrogen and oxygen atoms in total. The van der Waals surface area contributed by atoms with Crippen LogP contribution in [-0.4, -0.2) is 16.5 Å². The fourth-order valence-electron chi connectivity index (χ4n) is 3.14. The van der Waals surface area contributed by atoms with Gasteiger partial charge in [0.1, 0.15) is 17.2 Å². The molecular weight excluding hydrogens is 307 g/mol. The summed E-state index contributed by atoms with van der Waals surface area (Å²) in [5.41, 5.74) is 2.93. The smallest absolute Gasteiger partial charge is 0.260 e. The third-order valence-electron chi connectivity index (χ3n) is 4.25. The molecule has 1 aromatic heterocycles. The lowest BCUT2D eigenvalue weighted by Crippen LogP contribution is -2.21. The molecule has 2 aliphatic heterocycles. The summed E-state index contributed by atoms with van der Waals surface area (Å²) in [5.74, 6) is -0.177. The van der Waals surface area contributed by atoms with Crippen molar-refractivity contribution in [2.45, 2.75) is 19.4 Å². The molecule has 1 aromatic carbocycles. The van der Waals surface area contributed by atoms with E-state index in [4.69, 9.17) is 4.74 Å². The highest BCUT2D eigenvalue weighted by Gasteiger charge is 2.37. The van der Waals surface area contributed by atoms with Crippen LogP contribution in [-0.2, 0) is 9.53 Å². The van der Waals surface area contributed by atoms with Gasteiger partial charge in [0.05, 0.1) is 11.3 Å². The van der Waals surface area contributed by atoms with Gasteiger partial charge in [0.2, 0.25) is 0 Å². The van der Waals surface area contributed by atoms with Crippen LogP contribution in [0.25, 0.3) is 11.1 Å². The van der Waals surface area contributed by atoms with Crippen molar-refractivity contribution in [3.63, 3.8) is 0 Å². The average molecular weight is 322 g/mol. The van der Waals surface area contributed by atoms with Crippen LogP contribution in [0.1, 0.15) is 25.0 Å². The minimum atomic E-state index is -0.577. The average Bonchev–Trinajstić information content (AvgIpc) is 3.02. The van der Waals surface area contributed by atoms with E-state index in [-0.39, 0.29) is 11.7 Å². The molecule has 3 heterocycles. The van der Waals surface area contributed by atoms with Crippen LogP contribution in [0.2, 0.25) is 0 Å². The molecular formula is C19H15FN2O2. The molecule has 4 rings (SSSR count). The molecule has 1 N–H and O–H groups in total. The summed E-state index contributed by atoms with van der Waals surface area (Å²) in [6.07, 6.45) is 5.32. The molecule has 0 saturated carbocycles. The molecule has 2 aromatic rings. The monoisotopic (exact) mass is 322 g/mol. The van der Waals surface area contributed by atoms with Crippen molar-refractivity contribution >= 4 is 22.7 Å². The molecule has 5 heteroatoms. The molecule has 1 amide bonds. The zero-order chi connectivity index (χ0) is 16.9. The summed E-state index contributed by atoms with van der Waals surface area (Å²) in [6, 6.07) is 8.06. The summed E-state index contributed by atoms with van der Waals surface area (Å²) in [7, 11) is 0. The second-order valence-electron chi connectivity index (χ2n) is 6.29. The number of hydrogen-bond donors (Lipinski definition) is 1. The van der Waals surface area contributed by atoms with Crippen molar-refractivity contribution in [2.24, 2.45) is 0 Å². The Bertz CT molecular complexity index is 914. The van der Waals surface area contributed by atoms with E-state index < -0.39 is 5.60 Å². The van der Waals surface area contributed by atoms with E-state index in [2.05, 4.69) is 10.3 Å². The van der Waals surface area contributed by atoms with Crippen LogP contribution >= 0.6 is 0 Å². The summed E-state index contributed by atoms with van der Waals surface area (Å²) in [4.78, 5) is 16.4. The molecule has 120 valence electrons. The summed E-state index contributed by atoms with van der Waals surface area (Å²) >= 11 is 0. The Morgan fingerprint density at radius 3 is 2.67 bits per heavy atom. The number of rotatable bonds is 1. The Labute approximate surface area is 138 Å². The number of amides is 1. The van der Waals surface area contributed by atoms with Gasteiger partial charge < -0.3 is 10.1 Å². The molecule has 24 heavy (non-hydrogen) atoms. The van der Waals surface area contributed by atoms with Crippen LogP contribution in [0.4, 0.5) is 10.1 Å². The molecule has 0 aliphatic carbocycles. The number of aromatic nitrogens is 1. The lowest BCUT2D eigenvalue weighted by molar-refractivity contribution is -0.111. The number of ether oxygens (including phenoxy) is 1. The van der Waals surface area contributed by atoms with E-state index in [0.29, 0.717) is 22.6 Å². The molecule has 0 fully saturated rings. The van der Waals surface area contributed by atoms with Crippen LogP contribution in [0.15, 0.2) is 54.6 Å². The van der Waals surface area contributed by atoms with Crippen molar-refractivity contribution in [2.75, 3.05) is 5.32 Å². The number of halogens is 1. The van der Waals surface area contributed by atoms with E-state index in [0.717, 1.165) is 11.1 Å². The first-order valence-corrected chi connectivity index (χ1v) is 7.63. The third-order valence-corrected chi connectivity index (χ3v) is 4.25. The Balaban J connectivity index is 1.88. The minimum Gasteiger partial charge on any atom is -0.482 e. The van der Waals surface area contributed by atoms with Gasteiger partial charge in [0, 0.05) is 23.5 Å². The molecule has 0 radical (unpaired) electrons. The number of pyridine rings is 1. The number of anilines is 1. The van der Waals surface area contributed by atoms with Gasteiger partial charge in [-0.3, -0.25) is 9.78 Å². The van der Waals surface area contributed by atoms with E-state index in [1.807, 2.05) is 32.1 Å². The number of allylic oxidation sites excluding steroid dienone is 1. The maximum Gasteiger partial charge on any atom is 0.260 e. The van der Waals surface area contributed by atoms with Gasteiger partial charge in [0.25, 0.3) is 5.91 Å². The summed E-state index contributed by atoms with van der Waals surface area (Å²) < 4.78 is 19.5. The first-order valence-electron chi connectivity index (χ1n) is 7.63. The Hall–Kier alpha value is -2.95. The van der Waals surface area contributed by atoms with Crippen molar-refractivity contribution < 1.29 is 13.9 Å². The maximum atomic E-state index is 13.4. The number of nitrogens with one attached hydrogen (secondary N) is 1. The van der Waals surface area contributed by atoms with Crippen molar-refractivity contribution in [3.8, 4) is 0 Å². The van der Waals surface area contributed by atoms with Gasteiger partial charge in [-0.25, -0.2) is 4.39 Å². The van der Waals surface area contributed by atoms with Crippen LogP contribution in [0, 0.1) is 5.82 Å². The molecule has 0 bridgehead atoms. The van der Waals surface area contributed by atoms with E-state index in [1.165, 1.54) is 12.1 Å². The molecule has 0 atom stereocenters. The highest BCUT2D eigenvalue weighted by molar-refractivity contribution is 6.32. The normalized spacial score (nSPS) is 21.1. The zero-order valence-electron chi connectivity index (χ0n) is 13.3. The first-order chi connectivity index (χ1) is 11.5. The van der Waals surface area contributed by atoms with Gasteiger partial charge in [-0.2, -0.15) is 0 Å². The molecule has 2 aliphatic rings. The van der Waals surface area contributed by atoms with Crippen LogP contribution < -0.4 is 5.32 Å². The van der Waals surface area contributed by atoms with Gasteiger partial charge >= 0.3 is 0 Å². The topological polar surface area (TPSA) is 51.2 Å². The molecule has 0 spiro atoms. The highest BCUT2D eigenvalue weighted by Crippen LogP contribution is 2.44. The predicted octanol–water partition coefficient (Wildman–Crippen LogP) is 3.78. The highest BCUT2D eigenvalue weighted by atomic mass is 19.1. The quantitative estimate of drug-likeness (QED) is 0.813. The number of carbonyl (C=O) groups is 1. The lowest BCUT2D eigenvalue weighted by atomic mass is 9.93. The number of carbonyl (C=O) groups excluding carboxylic acids is 1. The van der Waals surface area contributed by atoms with Gasteiger partial charge in [-0.1, -0.05) is 0 Å². The van der Waals surface area contributed by atoms with Crippen molar-refractivity contribution in [1.82, 2.24) is 4.98 Å². The second kappa shape index (κ2) is 5.03. The minimum absolute atomic E-state index is 0.284. The number of nitrogens with zero attached hydrogens (tertiary/aromatic N) is 1. The maximum absolute atomic E-state index is 13.4. The Morgan fingerprint density at radius 2 is 1.92 bits per heavy atom.